The van der Waals surface area contributed by atoms with Crippen LogP contribution >= 0.6 is 0 Å². The summed E-state index contributed by atoms with van der Waals surface area (Å²) in [6.07, 6.45) is -1.18. The molecule has 0 bridgehead atoms. The third kappa shape index (κ3) is 5.01. The Hall–Kier alpha value is -2.52. The van der Waals surface area contributed by atoms with Crippen LogP contribution < -0.4 is 5.32 Å². The molecule has 0 saturated heterocycles. The van der Waals surface area contributed by atoms with Crippen LogP contribution in [-0.2, 0) is 33.4 Å². The molecule has 0 atom stereocenters. The quantitative estimate of drug-likeness (QED) is 0.635. The van der Waals surface area contributed by atoms with Crippen molar-refractivity contribution in [3.63, 3.8) is 0 Å². The topological polar surface area (TPSA) is 63.3 Å². The fraction of sp³-hybridized carbons (Fsp3) is 0.588. The maximum Gasteiger partial charge on any atom is 0.435 e. The van der Waals surface area contributed by atoms with Crippen molar-refractivity contribution < 1.29 is 13.2 Å². The second kappa shape index (κ2) is 8.01. The summed E-state index contributed by atoms with van der Waals surface area (Å²) in [5, 5.41) is 11.0. The van der Waals surface area contributed by atoms with Gasteiger partial charge in [-0.3, -0.25) is 14.4 Å². The van der Waals surface area contributed by atoms with Gasteiger partial charge < -0.3 is 10.2 Å². The molecule has 0 saturated carbocycles. The monoisotopic (exact) mass is 385 g/mol. The molecule has 2 rings (SSSR count). The van der Waals surface area contributed by atoms with E-state index in [1.807, 2.05) is 25.2 Å². The van der Waals surface area contributed by atoms with Crippen molar-refractivity contribution in [2.45, 2.75) is 39.0 Å². The highest BCUT2D eigenvalue weighted by molar-refractivity contribution is 5.79. The molecule has 0 amide bonds. The normalized spacial score (nSPS) is 12.7. The Balaban J connectivity index is 2.10. The Labute approximate surface area is 156 Å². The van der Waals surface area contributed by atoms with E-state index in [4.69, 9.17) is 0 Å². The highest BCUT2D eigenvalue weighted by Crippen LogP contribution is 2.30. The minimum atomic E-state index is -4.49. The first-order valence-corrected chi connectivity index (χ1v) is 8.56. The molecule has 10 heteroatoms. The molecule has 0 aliphatic heterocycles. The number of rotatable bonds is 5. The smallest absolute Gasteiger partial charge is 0.352 e. The van der Waals surface area contributed by atoms with Crippen LogP contribution in [0.25, 0.3) is 0 Å². The van der Waals surface area contributed by atoms with Crippen LogP contribution in [0, 0.1) is 0 Å². The average molecular weight is 385 g/mol. The zero-order chi connectivity index (χ0) is 20.4. The standard InChI is InChI=1S/C17H26F3N7/c1-11(2)14-13(10-26(5)23-14)8-25(4)16(21-3)22-7-12-9-27(6)24-15(12)17(18,19)20/h9-11H,7-8H2,1-6H3,(H,21,22). The lowest BCUT2D eigenvalue weighted by molar-refractivity contribution is -0.142. The van der Waals surface area contributed by atoms with E-state index in [1.165, 1.54) is 13.2 Å². The van der Waals surface area contributed by atoms with E-state index in [0.717, 1.165) is 15.9 Å². The van der Waals surface area contributed by atoms with Gasteiger partial charge in [0.05, 0.1) is 5.69 Å². The van der Waals surface area contributed by atoms with E-state index in [0.29, 0.717) is 12.5 Å². The van der Waals surface area contributed by atoms with Crippen molar-refractivity contribution >= 4 is 5.96 Å². The van der Waals surface area contributed by atoms with Crippen LogP contribution in [-0.4, -0.2) is 44.5 Å². The molecule has 2 aromatic rings. The van der Waals surface area contributed by atoms with Crippen molar-refractivity contribution in [2.75, 3.05) is 14.1 Å². The Bertz CT molecular complexity index is 802. The van der Waals surface area contributed by atoms with Crippen LogP contribution in [0.1, 0.15) is 42.3 Å². The van der Waals surface area contributed by atoms with Gasteiger partial charge in [-0.15, -0.1) is 0 Å². The third-order valence-electron chi connectivity index (χ3n) is 4.07. The number of aromatic nitrogens is 4. The molecule has 1 N–H and O–H groups in total. The second-order valence-electron chi connectivity index (χ2n) is 6.80. The van der Waals surface area contributed by atoms with Crippen LogP contribution in [0.2, 0.25) is 0 Å². The van der Waals surface area contributed by atoms with Gasteiger partial charge in [0.2, 0.25) is 0 Å². The summed E-state index contributed by atoms with van der Waals surface area (Å²) in [4.78, 5) is 6.03. The molecule has 0 fully saturated rings. The molecule has 0 aromatic carbocycles. The van der Waals surface area contributed by atoms with Gasteiger partial charge in [0.15, 0.2) is 11.7 Å². The van der Waals surface area contributed by atoms with Gasteiger partial charge >= 0.3 is 6.18 Å². The van der Waals surface area contributed by atoms with Crippen molar-refractivity contribution in [3.05, 3.63) is 34.9 Å². The van der Waals surface area contributed by atoms with Crippen molar-refractivity contribution in [1.29, 1.82) is 0 Å². The van der Waals surface area contributed by atoms with E-state index < -0.39 is 11.9 Å². The number of nitrogens with one attached hydrogen (secondary N) is 1. The summed E-state index contributed by atoms with van der Waals surface area (Å²) in [5.74, 6) is 0.764. The predicted octanol–water partition coefficient (Wildman–Crippen LogP) is 2.50. The van der Waals surface area contributed by atoms with Crippen LogP contribution in [0.5, 0.6) is 0 Å². The lowest BCUT2D eigenvalue weighted by atomic mass is 10.1. The predicted molar refractivity (Wildman–Crippen MR) is 97.2 cm³/mol. The molecule has 27 heavy (non-hydrogen) atoms. The minimum Gasteiger partial charge on any atom is -0.352 e. The number of hydrogen-bond acceptors (Lipinski definition) is 3. The minimum absolute atomic E-state index is 0.0240. The maximum absolute atomic E-state index is 13.1. The van der Waals surface area contributed by atoms with Crippen molar-refractivity contribution in [1.82, 2.24) is 29.8 Å². The summed E-state index contributed by atoms with van der Waals surface area (Å²) in [6.45, 7) is 4.66. The molecule has 0 unspecified atom stereocenters. The molecule has 0 radical (unpaired) electrons. The maximum atomic E-state index is 13.1. The summed E-state index contributed by atoms with van der Waals surface area (Å²) < 4.78 is 42.2. The van der Waals surface area contributed by atoms with Gasteiger partial charge in [-0.05, 0) is 5.92 Å². The number of aliphatic imine (C=N–C) groups is 1. The first-order valence-electron chi connectivity index (χ1n) is 8.56. The van der Waals surface area contributed by atoms with Gasteiger partial charge in [0.25, 0.3) is 0 Å². The van der Waals surface area contributed by atoms with Crippen molar-refractivity contribution in [3.8, 4) is 0 Å². The highest BCUT2D eigenvalue weighted by Gasteiger charge is 2.36. The van der Waals surface area contributed by atoms with Gasteiger partial charge in [0, 0.05) is 64.8 Å². The molecule has 0 aliphatic rings. The number of hydrogen-bond donors (Lipinski definition) is 1. The molecule has 150 valence electrons. The SMILES string of the molecule is CN=C(NCc1cn(C)nc1C(F)(F)F)N(C)Cc1cn(C)nc1C(C)C. The summed E-state index contributed by atoms with van der Waals surface area (Å²) in [7, 11) is 6.76. The van der Waals surface area contributed by atoms with E-state index in [-0.39, 0.29) is 18.0 Å². The van der Waals surface area contributed by atoms with Crippen LogP contribution in [0.4, 0.5) is 13.2 Å². The van der Waals surface area contributed by atoms with Crippen LogP contribution in [0.15, 0.2) is 17.4 Å². The molecule has 2 aromatic heterocycles. The molecule has 2 heterocycles. The average Bonchev–Trinajstić information content (AvgIpc) is 3.10. The summed E-state index contributed by atoms with van der Waals surface area (Å²) >= 11 is 0. The Morgan fingerprint density at radius 1 is 1.19 bits per heavy atom. The lowest BCUT2D eigenvalue weighted by Crippen LogP contribution is -2.38. The van der Waals surface area contributed by atoms with E-state index >= 15 is 0 Å². The van der Waals surface area contributed by atoms with E-state index in [9.17, 15) is 13.2 Å². The largest absolute Gasteiger partial charge is 0.435 e. The summed E-state index contributed by atoms with van der Waals surface area (Å²) in [5.41, 5.74) is 1.23. The molecular weight excluding hydrogens is 359 g/mol. The molecule has 0 spiro atoms. The number of alkyl halides is 3. The Morgan fingerprint density at radius 2 is 1.78 bits per heavy atom. The van der Waals surface area contributed by atoms with Gasteiger partial charge in [0.1, 0.15) is 0 Å². The third-order valence-corrected chi connectivity index (χ3v) is 4.07. The number of guanidine groups is 1. The van der Waals surface area contributed by atoms with Gasteiger partial charge in [-0.2, -0.15) is 23.4 Å². The van der Waals surface area contributed by atoms with E-state index in [1.54, 1.807) is 11.7 Å². The van der Waals surface area contributed by atoms with Gasteiger partial charge in [-0.1, -0.05) is 13.8 Å². The fourth-order valence-corrected chi connectivity index (χ4v) is 2.96. The zero-order valence-corrected chi connectivity index (χ0v) is 16.5. The molecule has 0 aliphatic carbocycles. The Kier molecular flexibility index (Phi) is 6.17. The van der Waals surface area contributed by atoms with Crippen molar-refractivity contribution in [2.24, 2.45) is 19.1 Å². The first-order chi connectivity index (χ1) is 12.5. The first kappa shape index (κ1) is 20.8. The molecular formula is C17H26F3N7. The van der Waals surface area contributed by atoms with E-state index in [2.05, 4.69) is 34.4 Å². The van der Waals surface area contributed by atoms with Crippen LogP contribution in [0.3, 0.4) is 0 Å². The molecule has 7 nitrogen and oxygen atoms in total. The number of halogens is 3. The second-order valence-corrected chi connectivity index (χ2v) is 6.80. The van der Waals surface area contributed by atoms with Gasteiger partial charge in [-0.25, -0.2) is 0 Å². The number of nitrogens with zero attached hydrogens (tertiary/aromatic N) is 6. The summed E-state index contributed by atoms with van der Waals surface area (Å²) in [6, 6.07) is 0. The highest BCUT2D eigenvalue weighted by atomic mass is 19.4. The number of aryl methyl sites for hydroxylation is 2. The zero-order valence-electron chi connectivity index (χ0n) is 16.5. The fourth-order valence-electron chi connectivity index (χ4n) is 2.96. The Morgan fingerprint density at radius 3 is 2.33 bits per heavy atom. The lowest BCUT2D eigenvalue weighted by Gasteiger charge is -2.22.